The second kappa shape index (κ2) is 7.16. The number of hydrogen-bond donors (Lipinski definition) is 2. The molecule has 150 valence electrons. The summed E-state index contributed by atoms with van der Waals surface area (Å²) in [6.07, 6.45) is 3.96. The van der Waals surface area contributed by atoms with Gasteiger partial charge in [0.1, 0.15) is 23.0 Å². The van der Waals surface area contributed by atoms with Crippen LogP contribution in [0.25, 0.3) is 0 Å². The molecule has 2 N–H and O–H groups in total. The summed E-state index contributed by atoms with van der Waals surface area (Å²) in [6, 6.07) is 5.99. The SMILES string of the molecule is CNC(=O)c1cc(Oc2ccc(NC(=O)N3CCC4(CC4)C3=O)nc2C)ccn1. The van der Waals surface area contributed by atoms with Crippen molar-refractivity contribution in [2.45, 2.75) is 26.2 Å². The van der Waals surface area contributed by atoms with Gasteiger partial charge in [-0.15, -0.1) is 0 Å². The summed E-state index contributed by atoms with van der Waals surface area (Å²) in [6.45, 7) is 2.19. The first-order valence-electron chi connectivity index (χ1n) is 9.38. The number of pyridine rings is 2. The minimum absolute atomic E-state index is 0.0868. The van der Waals surface area contributed by atoms with E-state index in [1.165, 1.54) is 24.2 Å². The second-order valence-electron chi connectivity index (χ2n) is 7.26. The van der Waals surface area contributed by atoms with Gasteiger partial charge in [-0.25, -0.2) is 9.78 Å². The number of carbonyl (C=O) groups is 3. The van der Waals surface area contributed by atoms with Gasteiger partial charge in [0.05, 0.1) is 11.1 Å². The largest absolute Gasteiger partial charge is 0.455 e. The zero-order chi connectivity index (χ0) is 20.6. The quantitative estimate of drug-likeness (QED) is 0.822. The predicted octanol–water partition coefficient (Wildman–Crippen LogP) is 2.48. The molecule has 0 unspecified atom stereocenters. The number of rotatable bonds is 4. The molecular weight excluding hydrogens is 374 g/mol. The molecule has 9 nitrogen and oxygen atoms in total. The normalized spacial score (nSPS) is 16.6. The number of hydrogen-bond acceptors (Lipinski definition) is 6. The number of aromatic nitrogens is 2. The Morgan fingerprint density at radius 3 is 2.66 bits per heavy atom. The molecule has 0 bridgehead atoms. The van der Waals surface area contributed by atoms with Crippen molar-refractivity contribution in [3.63, 3.8) is 0 Å². The number of ether oxygens (including phenoxy) is 1. The van der Waals surface area contributed by atoms with E-state index in [9.17, 15) is 14.4 Å². The van der Waals surface area contributed by atoms with Crippen molar-refractivity contribution in [2.75, 3.05) is 18.9 Å². The third-order valence-corrected chi connectivity index (χ3v) is 5.30. The molecule has 9 heteroatoms. The van der Waals surface area contributed by atoms with Crippen LogP contribution in [0.3, 0.4) is 0 Å². The topological polar surface area (TPSA) is 114 Å². The number of likely N-dealkylation sites (tertiary alicyclic amines) is 1. The van der Waals surface area contributed by atoms with Crippen molar-refractivity contribution >= 4 is 23.7 Å². The number of carbonyl (C=O) groups excluding carboxylic acids is 3. The van der Waals surface area contributed by atoms with Crippen LogP contribution in [0, 0.1) is 12.3 Å². The highest BCUT2D eigenvalue weighted by Gasteiger charge is 2.56. The molecule has 1 saturated carbocycles. The van der Waals surface area contributed by atoms with Crippen molar-refractivity contribution in [1.29, 1.82) is 0 Å². The van der Waals surface area contributed by atoms with Crippen LogP contribution in [-0.4, -0.2) is 46.3 Å². The molecule has 2 aliphatic rings. The summed E-state index contributed by atoms with van der Waals surface area (Å²) >= 11 is 0. The smallest absolute Gasteiger partial charge is 0.329 e. The lowest BCUT2D eigenvalue weighted by molar-refractivity contribution is -0.129. The third-order valence-electron chi connectivity index (χ3n) is 5.30. The third kappa shape index (κ3) is 3.63. The molecule has 1 aliphatic carbocycles. The molecular formula is C20H21N5O4. The van der Waals surface area contributed by atoms with Gasteiger partial charge in [0.15, 0.2) is 0 Å². The van der Waals surface area contributed by atoms with Crippen LogP contribution in [-0.2, 0) is 4.79 Å². The van der Waals surface area contributed by atoms with Gasteiger partial charge in [-0.1, -0.05) is 0 Å². The highest BCUT2D eigenvalue weighted by Crippen LogP contribution is 2.53. The first-order valence-corrected chi connectivity index (χ1v) is 9.38. The Kier molecular flexibility index (Phi) is 4.65. The van der Waals surface area contributed by atoms with Crippen molar-refractivity contribution in [2.24, 2.45) is 5.41 Å². The van der Waals surface area contributed by atoms with E-state index in [-0.39, 0.29) is 22.9 Å². The van der Waals surface area contributed by atoms with Crippen LogP contribution in [0.2, 0.25) is 0 Å². The van der Waals surface area contributed by atoms with E-state index >= 15 is 0 Å². The van der Waals surface area contributed by atoms with E-state index in [4.69, 9.17) is 4.74 Å². The van der Waals surface area contributed by atoms with Gasteiger partial charge < -0.3 is 10.1 Å². The first kappa shape index (κ1) is 18.9. The fourth-order valence-electron chi connectivity index (χ4n) is 3.39. The van der Waals surface area contributed by atoms with E-state index < -0.39 is 6.03 Å². The summed E-state index contributed by atoms with van der Waals surface area (Å²) in [7, 11) is 1.53. The van der Waals surface area contributed by atoms with E-state index in [1.807, 2.05) is 0 Å². The Labute approximate surface area is 167 Å². The molecule has 0 atom stereocenters. The number of anilines is 1. The maximum atomic E-state index is 12.4. The lowest BCUT2D eigenvalue weighted by Gasteiger charge is -2.16. The van der Waals surface area contributed by atoms with Gasteiger partial charge in [-0.2, -0.15) is 0 Å². The molecule has 0 radical (unpaired) electrons. The molecule has 4 rings (SSSR count). The molecule has 4 amide bonds. The molecule has 3 heterocycles. The number of nitrogens with zero attached hydrogens (tertiary/aromatic N) is 3. The number of amides is 4. The van der Waals surface area contributed by atoms with E-state index in [0.717, 1.165) is 19.3 Å². The minimum Gasteiger partial charge on any atom is -0.455 e. The summed E-state index contributed by atoms with van der Waals surface area (Å²) in [5, 5.41) is 5.19. The van der Waals surface area contributed by atoms with Gasteiger partial charge >= 0.3 is 6.03 Å². The van der Waals surface area contributed by atoms with Crippen molar-refractivity contribution in [1.82, 2.24) is 20.2 Å². The second-order valence-corrected chi connectivity index (χ2v) is 7.26. The fourth-order valence-corrected chi connectivity index (χ4v) is 3.39. The summed E-state index contributed by atoms with van der Waals surface area (Å²) in [5.74, 6) is 0.859. The zero-order valence-electron chi connectivity index (χ0n) is 16.2. The molecule has 29 heavy (non-hydrogen) atoms. The molecule has 2 fully saturated rings. The fraction of sp³-hybridized carbons (Fsp3) is 0.350. The van der Waals surface area contributed by atoms with E-state index in [2.05, 4.69) is 20.6 Å². The average Bonchev–Trinajstić information content (AvgIpc) is 3.43. The van der Waals surface area contributed by atoms with Gasteiger partial charge in [-0.05, 0) is 44.4 Å². The minimum atomic E-state index is -0.455. The monoisotopic (exact) mass is 395 g/mol. The molecule has 0 aromatic carbocycles. The summed E-state index contributed by atoms with van der Waals surface area (Å²) < 4.78 is 5.80. The van der Waals surface area contributed by atoms with Crippen LogP contribution in [0.1, 0.15) is 35.4 Å². The number of nitrogens with one attached hydrogen (secondary N) is 2. The van der Waals surface area contributed by atoms with Crippen LogP contribution in [0.15, 0.2) is 30.5 Å². The van der Waals surface area contributed by atoms with Gasteiger partial charge in [0, 0.05) is 25.9 Å². The summed E-state index contributed by atoms with van der Waals surface area (Å²) in [4.78, 5) is 46.1. The molecule has 2 aromatic heterocycles. The van der Waals surface area contributed by atoms with E-state index in [1.54, 1.807) is 25.1 Å². The Hall–Kier alpha value is -3.49. The summed E-state index contributed by atoms with van der Waals surface area (Å²) in [5.41, 5.74) is 0.506. The predicted molar refractivity (Wildman–Crippen MR) is 104 cm³/mol. The van der Waals surface area contributed by atoms with Crippen LogP contribution < -0.4 is 15.4 Å². The number of aryl methyl sites for hydroxylation is 1. The number of urea groups is 1. The maximum absolute atomic E-state index is 12.4. The standard InChI is InChI=1S/C20H21N5O4/c1-12-15(29-13-5-9-22-14(11-13)17(26)21-2)3-4-16(23-12)24-19(28)25-10-8-20(6-7-20)18(25)27/h3-5,9,11H,6-8,10H2,1-2H3,(H,21,26)(H,23,24,28). The Bertz CT molecular complexity index is 1000. The number of imide groups is 1. The van der Waals surface area contributed by atoms with Crippen molar-refractivity contribution in [3.05, 3.63) is 41.9 Å². The van der Waals surface area contributed by atoms with Crippen LogP contribution in [0.5, 0.6) is 11.5 Å². The van der Waals surface area contributed by atoms with Gasteiger partial charge in [-0.3, -0.25) is 24.8 Å². The molecule has 1 saturated heterocycles. The van der Waals surface area contributed by atoms with Gasteiger partial charge in [0.2, 0.25) is 5.91 Å². The molecule has 1 aliphatic heterocycles. The Morgan fingerprint density at radius 2 is 2.00 bits per heavy atom. The van der Waals surface area contributed by atoms with Crippen LogP contribution >= 0.6 is 0 Å². The Balaban J connectivity index is 1.44. The van der Waals surface area contributed by atoms with Crippen LogP contribution in [0.4, 0.5) is 10.6 Å². The lowest BCUT2D eigenvalue weighted by atomic mass is 10.1. The maximum Gasteiger partial charge on any atom is 0.329 e. The molecule has 1 spiro atoms. The zero-order valence-corrected chi connectivity index (χ0v) is 16.2. The average molecular weight is 395 g/mol. The highest BCUT2D eigenvalue weighted by molar-refractivity contribution is 6.05. The van der Waals surface area contributed by atoms with Crippen molar-refractivity contribution in [3.8, 4) is 11.5 Å². The first-order chi connectivity index (χ1) is 13.9. The molecule has 2 aromatic rings. The highest BCUT2D eigenvalue weighted by atomic mass is 16.5. The van der Waals surface area contributed by atoms with Crippen molar-refractivity contribution < 1.29 is 19.1 Å². The van der Waals surface area contributed by atoms with Gasteiger partial charge in [0.25, 0.3) is 5.91 Å². The Morgan fingerprint density at radius 1 is 1.21 bits per heavy atom. The van der Waals surface area contributed by atoms with E-state index in [0.29, 0.717) is 29.6 Å². The lowest BCUT2D eigenvalue weighted by Crippen LogP contribution is -2.37.